The maximum Gasteiger partial charge on any atom is 0.325 e. The first-order chi connectivity index (χ1) is 16.3. The molecule has 2 aliphatic rings. The molecule has 1 saturated heterocycles. The maximum atomic E-state index is 13.0. The summed E-state index contributed by atoms with van der Waals surface area (Å²) < 4.78 is 0. The third kappa shape index (κ3) is 4.95. The van der Waals surface area contributed by atoms with Crippen molar-refractivity contribution >= 4 is 29.4 Å². The molecule has 0 atom stereocenters. The Morgan fingerprint density at radius 1 is 1.06 bits per heavy atom. The van der Waals surface area contributed by atoms with Crippen LogP contribution in [0.2, 0.25) is 0 Å². The topological polar surface area (TPSA) is 108 Å². The van der Waals surface area contributed by atoms with Crippen LogP contribution in [0, 0.1) is 12.8 Å². The molecular formula is C26H30N4O4. The van der Waals surface area contributed by atoms with Crippen molar-refractivity contribution in [3.63, 3.8) is 0 Å². The second-order valence-electron chi connectivity index (χ2n) is 9.35. The highest BCUT2D eigenvalue weighted by atomic mass is 16.2. The lowest BCUT2D eigenvalue weighted by atomic mass is 9.77. The van der Waals surface area contributed by atoms with E-state index in [2.05, 4.69) is 22.9 Å². The summed E-state index contributed by atoms with van der Waals surface area (Å²) in [6.45, 7) is 4.08. The molecule has 2 aromatic rings. The Balaban J connectivity index is 1.39. The summed E-state index contributed by atoms with van der Waals surface area (Å²) in [4.78, 5) is 52.0. The van der Waals surface area contributed by atoms with Gasteiger partial charge >= 0.3 is 6.03 Å². The minimum Gasteiger partial charge on any atom is -0.348 e. The highest BCUT2D eigenvalue weighted by molar-refractivity contribution is 6.11. The van der Waals surface area contributed by atoms with Gasteiger partial charge in [-0.15, -0.1) is 0 Å². The molecule has 8 nitrogen and oxygen atoms in total. The van der Waals surface area contributed by atoms with E-state index in [9.17, 15) is 19.2 Å². The molecule has 178 valence electrons. The Morgan fingerprint density at radius 3 is 2.44 bits per heavy atom. The molecule has 1 spiro atoms. The Morgan fingerprint density at radius 2 is 1.74 bits per heavy atom. The van der Waals surface area contributed by atoms with Crippen LogP contribution in [0.15, 0.2) is 48.5 Å². The number of hydrogen-bond donors (Lipinski definition) is 3. The number of carbonyl (C=O) groups is 4. The van der Waals surface area contributed by atoms with E-state index in [1.807, 2.05) is 31.2 Å². The number of rotatable bonds is 6. The van der Waals surface area contributed by atoms with Gasteiger partial charge in [0, 0.05) is 6.54 Å². The van der Waals surface area contributed by atoms with Gasteiger partial charge in [0.1, 0.15) is 12.1 Å². The van der Waals surface area contributed by atoms with Gasteiger partial charge in [-0.2, -0.15) is 0 Å². The molecule has 0 unspecified atom stereocenters. The molecule has 0 bridgehead atoms. The van der Waals surface area contributed by atoms with E-state index in [1.165, 1.54) is 0 Å². The molecule has 1 heterocycles. The molecule has 1 saturated carbocycles. The first-order valence-electron chi connectivity index (χ1n) is 11.6. The summed E-state index contributed by atoms with van der Waals surface area (Å²) in [6, 6.07) is 14.0. The van der Waals surface area contributed by atoms with Crippen LogP contribution < -0.4 is 16.0 Å². The summed E-state index contributed by atoms with van der Waals surface area (Å²) in [5, 5.41) is 8.37. The molecule has 5 amide bonds. The lowest BCUT2D eigenvalue weighted by Crippen LogP contribution is -2.49. The second-order valence-corrected chi connectivity index (χ2v) is 9.35. The fourth-order valence-electron chi connectivity index (χ4n) is 4.52. The van der Waals surface area contributed by atoms with E-state index in [0.717, 1.165) is 28.9 Å². The van der Waals surface area contributed by atoms with Crippen molar-refractivity contribution in [2.24, 2.45) is 5.92 Å². The molecule has 3 N–H and O–H groups in total. The molecular weight excluding hydrogens is 432 g/mol. The van der Waals surface area contributed by atoms with Crippen LogP contribution in [-0.2, 0) is 16.1 Å². The lowest BCUT2D eigenvalue weighted by molar-refractivity contribution is -0.135. The number of anilines is 1. The van der Waals surface area contributed by atoms with Crippen LogP contribution in [0.1, 0.15) is 54.1 Å². The molecule has 1 aliphatic carbocycles. The molecule has 1 aliphatic heterocycles. The van der Waals surface area contributed by atoms with E-state index < -0.39 is 24.0 Å². The predicted octanol–water partition coefficient (Wildman–Crippen LogP) is 3.36. The second kappa shape index (κ2) is 9.67. The van der Waals surface area contributed by atoms with Gasteiger partial charge in [-0.25, -0.2) is 4.79 Å². The third-order valence-corrected chi connectivity index (χ3v) is 6.69. The van der Waals surface area contributed by atoms with Crippen LogP contribution in [0.4, 0.5) is 10.5 Å². The first-order valence-corrected chi connectivity index (χ1v) is 11.6. The summed E-state index contributed by atoms with van der Waals surface area (Å²) >= 11 is 0. The quantitative estimate of drug-likeness (QED) is 0.572. The number of urea groups is 1. The van der Waals surface area contributed by atoms with Crippen molar-refractivity contribution in [3.8, 4) is 0 Å². The molecule has 2 aromatic carbocycles. The van der Waals surface area contributed by atoms with Crippen molar-refractivity contribution < 1.29 is 19.2 Å². The number of hydrogen-bond acceptors (Lipinski definition) is 4. The monoisotopic (exact) mass is 462 g/mol. The van der Waals surface area contributed by atoms with Crippen LogP contribution in [-0.4, -0.2) is 40.7 Å². The zero-order valence-electron chi connectivity index (χ0n) is 19.5. The fraction of sp³-hybridized carbons (Fsp3) is 0.385. The molecule has 2 fully saturated rings. The van der Waals surface area contributed by atoms with Crippen LogP contribution in [0.3, 0.4) is 0 Å². The van der Waals surface area contributed by atoms with Crippen LogP contribution in [0.25, 0.3) is 0 Å². The predicted molar refractivity (Wildman–Crippen MR) is 128 cm³/mol. The van der Waals surface area contributed by atoms with Crippen molar-refractivity contribution in [1.82, 2.24) is 15.5 Å². The van der Waals surface area contributed by atoms with Gasteiger partial charge in [0.05, 0.1) is 11.3 Å². The largest absolute Gasteiger partial charge is 0.348 e. The Hall–Kier alpha value is -3.68. The number of para-hydroxylation sites is 1. The standard InChI is InChI=1S/C26H30N4O4/c1-17-7-9-19(10-8-17)15-27-23(32)20-5-3-4-6-21(20)28-22(31)16-30-24(33)26(29-25(30)34)13-11-18(2)12-14-26/h3-10,18H,11-16H2,1-2H3,(H,27,32)(H,28,31)(H,29,34). The van der Waals surface area contributed by atoms with Gasteiger partial charge in [-0.1, -0.05) is 48.9 Å². The lowest BCUT2D eigenvalue weighted by Gasteiger charge is -2.33. The van der Waals surface area contributed by atoms with E-state index >= 15 is 0 Å². The molecule has 8 heteroatoms. The Labute approximate surface area is 199 Å². The van der Waals surface area contributed by atoms with E-state index in [-0.39, 0.29) is 11.8 Å². The Bertz CT molecular complexity index is 1100. The number of nitrogens with one attached hydrogen (secondary N) is 3. The molecule has 34 heavy (non-hydrogen) atoms. The van der Waals surface area contributed by atoms with Gasteiger partial charge < -0.3 is 16.0 Å². The van der Waals surface area contributed by atoms with Crippen LogP contribution in [0.5, 0.6) is 0 Å². The van der Waals surface area contributed by atoms with Crippen molar-refractivity contribution in [3.05, 3.63) is 65.2 Å². The van der Waals surface area contributed by atoms with Gasteiger partial charge in [-0.05, 0) is 56.2 Å². The minimum absolute atomic E-state index is 0.304. The summed E-state index contributed by atoms with van der Waals surface area (Å²) in [6.07, 6.45) is 2.88. The average Bonchev–Trinajstić information content (AvgIpc) is 3.05. The maximum absolute atomic E-state index is 13.0. The number of imide groups is 1. The average molecular weight is 463 g/mol. The van der Waals surface area contributed by atoms with Gasteiger partial charge in [-0.3, -0.25) is 19.3 Å². The first kappa shape index (κ1) is 23.5. The normalized spacial score (nSPS) is 21.9. The summed E-state index contributed by atoms with van der Waals surface area (Å²) in [5.41, 5.74) is 1.83. The zero-order chi connectivity index (χ0) is 24.3. The molecule has 0 radical (unpaired) electrons. The number of amides is 5. The van der Waals surface area contributed by atoms with Crippen molar-refractivity contribution in [2.75, 3.05) is 11.9 Å². The van der Waals surface area contributed by atoms with Crippen molar-refractivity contribution in [2.45, 2.75) is 51.6 Å². The van der Waals surface area contributed by atoms with Crippen LogP contribution >= 0.6 is 0 Å². The molecule has 0 aromatic heterocycles. The van der Waals surface area contributed by atoms with Gasteiger partial charge in [0.25, 0.3) is 11.8 Å². The summed E-state index contributed by atoms with van der Waals surface area (Å²) in [5.74, 6) is -0.699. The smallest absolute Gasteiger partial charge is 0.325 e. The number of carbonyl (C=O) groups excluding carboxylic acids is 4. The fourth-order valence-corrected chi connectivity index (χ4v) is 4.52. The van der Waals surface area contributed by atoms with Crippen molar-refractivity contribution in [1.29, 1.82) is 0 Å². The minimum atomic E-state index is -0.891. The van der Waals surface area contributed by atoms with E-state index in [4.69, 9.17) is 0 Å². The van der Waals surface area contributed by atoms with E-state index in [0.29, 0.717) is 36.6 Å². The highest BCUT2D eigenvalue weighted by Crippen LogP contribution is 2.36. The van der Waals surface area contributed by atoms with Gasteiger partial charge in [0.2, 0.25) is 5.91 Å². The highest BCUT2D eigenvalue weighted by Gasteiger charge is 2.52. The zero-order valence-corrected chi connectivity index (χ0v) is 19.5. The van der Waals surface area contributed by atoms with Gasteiger partial charge in [0.15, 0.2) is 0 Å². The van der Waals surface area contributed by atoms with E-state index in [1.54, 1.807) is 24.3 Å². The number of benzene rings is 2. The SMILES string of the molecule is Cc1ccc(CNC(=O)c2ccccc2NC(=O)CN2C(=O)NC3(CCC(C)CC3)C2=O)cc1. The number of nitrogens with zero attached hydrogens (tertiary/aromatic N) is 1. The summed E-state index contributed by atoms with van der Waals surface area (Å²) in [7, 11) is 0. The third-order valence-electron chi connectivity index (χ3n) is 6.69. The number of aryl methyl sites for hydroxylation is 1. The molecule has 4 rings (SSSR count). The Kier molecular flexibility index (Phi) is 6.68.